The van der Waals surface area contributed by atoms with Crippen LogP contribution in [-0.4, -0.2) is 16.9 Å². The molecule has 0 radical (unpaired) electrons. The number of nitrogens with zero attached hydrogens (tertiary/aromatic N) is 1. The lowest BCUT2D eigenvalue weighted by Gasteiger charge is -2.21. The fourth-order valence-electron chi connectivity index (χ4n) is 1.86. The van der Waals surface area contributed by atoms with Crippen molar-refractivity contribution >= 4 is 28.3 Å². The number of fused-ring (bicyclic) bond motifs is 1. The van der Waals surface area contributed by atoms with Crippen LogP contribution in [0.5, 0.6) is 0 Å². The number of rotatable bonds is 4. The molecule has 1 aromatic carbocycles. The van der Waals surface area contributed by atoms with E-state index in [1.165, 1.54) is 10.9 Å². The summed E-state index contributed by atoms with van der Waals surface area (Å²) in [6, 6.07) is 10.7. The van der Waals surface area contributed by atoms with E-state index in [4.69, 9.17) is 11.6 Å². The molecule has 0 bridgehead atoms. The Kier molecular flexibility index (Phi) is 4.07. The highest BCUT2D eigenvalue weighted by molar-refractivity contribution is 6.18. The van der Waals surface area contributed by atoms with Crippen molar-refractivity contribution in [1.82, 2.24) is 4.98 Å². The quantitative estimate of drug-likeness (QED) is 0.835. The molecule has 1 aromatic heterocycles. The number of anilines is 1. The molecule has 96 valence electrons. The van der Waals surface area contributed by atoms with Crippen LogP contribution < -0.4 is 5.32 Å². The maximum Gasteiger partial charge on any atom is 0.129 e. The second-order valence-corrected chi connectivity index (χ2v) is 5.22. The molecule has 2 unspecified atom stereocenters. The van der Waals surface area contributed by atoms with Gasteiger partial charge in [-0.25, -0.2) is 4.98 Å². The van der Waals surface area contributed by atoms with Crippen molar-refractivity contribution in [3.05, 3.63) is 35.9 Å². The Labute approximate surface area is 113 Å². The molecule has 1 N–H and O–H groups in total. The molecule has 3 heteroatoms. The van der Waals surface area contributed by atoms with Gasteiger partial charge in [0.05, 0.1) is 5.52 Å². The Balaban J connectivity index is 2.30. The Morgan fingerprint density at radius 1 is 1.28 bits per heavy atom. The van der Waals surface area contributed by atoms with Crippen LogP contribution in [-0.2, 0) is 0 Å². The van der Waals surface area contributed by atoms with Crippen molar-refractivity contribution < 1.29 is 0 Å². The van der Waals surface area contributed by atoms with Gasteiger partial charge in [0.1, 0.15) is 5.82 Å². The molecular formula is C15H19ClN2. The molecule has 0 spiro atoms. The summed E-state index contributed by atoms with van der Waals surface area (Å²) >= 11 is 5.89. The molecule has 18 heavy (non-hydrogen) atoms. The van der Waals surface area contributed by atoms with Crippen molar-refractivity contribution in [1.29, 1.82) is 0 Å². The Morgan fingerprint density at radius 3 is 2.72 bits per heavy atom. The van der Waals surface area contributed by atoms with Crippen molar-refractivity contribution in [3.63, 3.8) is 0 Å². The number of aromatic nitrogens is 1. The van der Waals surface area contributed by atoms with Crippen LogP contribution in [0.1, 0.15) is 19.4 Å². The molecule has 2 nitrogen and oxygen atoms in total. The van der Waals surface area contributed by atoms with Crippen molar-refractivity contribution in [2.75, 3.05) is 11.2 Å². The zero-order chi connectivity index (χ0) is 13.1. The number of halogens is 1. The molecular weight excluding hydrogens is 244 g/mol. The van der Waals surface area contributed by atoms with Gasteiger partial charge >= 0.3 is 0 Å². The van der Waals surface area contributed by atoms with E-state index in [0.29, 0.717) is 17.8 Å². The highest BCUT2D eigenvalue weighted by Gasteiger charge is 2.12. The van der Waals surface area contributed by atoms with Crippen LogP contribution in [0.4, 0.5) is 5.82 Å². The van der Waals surface area contributed by atoms with E-state index in [9.17, 15) is 0 Å². The van der Waals surface area contributed by atoms with E-state index < -0.39 is 0 Å². The lowest BCUT2D eigenvalue weighted by molar-refractivity contribution is 0.564. The third-order valence-electron chi connectivity index (χ3n) is 3.38. The minimum Gasteiger partial charge on any atom is -0.367 e. The molecule has 2 rings (SSSR count). The molecule has 1 heterocycles. The van der Waals surface area contributed by atoms with Gasteiger partial charge in [0.15, 0.2) is 0 Å². The predicted molar refractivity (Wildman–Crippen MR) is 79.4 cm³/mol. The summed E-state index contributed by atoms with van der Waals surface area (Å²) in [5, 5.41) is 4.64. The molecule has 0 aliphatic rings. The molecule has 0 saturated carbocycles. The summed E-state index contributed by atoms with van der Waals surface area (Å²) in [6.45, 7) is 6.37. The van der Waals surface area contributed by atoms with Crippen molar-refractivity contribution in [2.45, 2.75) is 26.8 Å². The molecule has 0 amide bonds. The SMILES string of the molecule is Cc1cc2ccccc2nc1NC(C)C(C)CCl. The second-order valence-electron chi connectivity index (χ2n) is 4.91. The van der Waals surface area contributed by atoms with Crippen LogP contribution in [0.3, 0.4) is 0 Å². The average Bonchev–Trinajstić information content (AvgIpc) is 2.38. The number of hydrogen-bond acceptors (Lipinski definition) is 2. The fourth-order valence-corrected chi connectivity index (χ4v) is 2.13. The molecule has 0 fully saturated rings. The normalized spacial score (nSPS) is 14.4. The summed E-state index contributed by atoms with van der Waals surface area (Å²) in [6.07, 6.45) is 0. The second kappa shape index (κ2) is 5.57. The summed E-state index contributed by atoms with van der Waals surface area (Å²) in [7, 11) is 0. The van der Waals surface area contributed by atoms with E-state index in [-0.39, 0.29) is 0 Å². The lowest BCUT2D eigenvalue weighted by Crippen LogP contribution is -2.25. The first-order valence-electron chi connectivity index (χ1n) is 6.30. The highest BCUT2D eigenvalue weighted by atomic mass is 35.5. The zero-order valence-electron chi connectivity index (χ0n) is 11.1. The number of para-hydroxylation sites is 1. The molecule has 0 aliphatic heterocycles. The topological polar surface area (TPSA) is 24.9 Å². The van der Waals surface area contributed by atoms with Crippen molar-refractivity contribution in [2.24, 2.45) is 5.92 Å². The van der Waals surface area contributed by atoms with Gasteiger partial charge in [0, 0.05) is 17.3 Å². The number of hydrogen-bond donors (Lipinski definition) is 1. The molecule has 2 atom stereocenters. The van der Waals surface area contributed by atoms with Crippen molar-refractivity contribution in [3.8, 4) is 0 Å². The van der Waals surface area contributed by atoms with E-state index in [2.05, 4.69) is 43.2 Å². The predicted octanol–water partition coefficient (Wildman–Crippen LogP) is 4.22. The van der Waals surface area contributed by atoms with E-state index in [1.54, 1.807) is 0 Å². The van der Waals surface area contributed by atoms with Gasteiger partial charge in [-0.15, -0.1) is 11.6 Å². The Bertz CT molecular complexity index is 539. The van der Waals surface area contributed by atoms with Gasteiger partial charge in [0.2, 0.25) is 0 Å². The highest BCUT2D eigenvalue weighted by Crippen LogP contribution is 2.21. The van der Waals surface area contributed by atoms with E-state index in [1.807, 2.05) is 18.2 Å². The van der Waals surface area contributed by atoms with Gasteiger partial charge in [-0.1, -0.05) is 25.1 Å². The largest absolute Gasteiger partial charge is 0.367 e. The Morgan fingerprint density at radius 2 is 2.00 bits per heavy atom. The first-order chi connectivity index (χ1) is 8.61. The fraction of sp³-hybridized carbons (Fsp3) is 0.400. The first-order valence-corrected chi connectivity index (χ1v) is 6.84. The van der Waals surface area contributed by atoms with Crippen LogP contribution >= 0.6 is 11.6 Å². The third-order valence-corrected chi connectivity index (χ3v) is 3.86. The van der Waals surface area contributed by atoms with Gasteiger partial charge in [-0.05, 0) is 37.5 Å². The number of pyridine rings is 1. The Hall–Kier alpha value is -1.28. The first kappa shape index (κ1) is 13.2. The van der Waals surface area contributed by atoms with Crippen LogP contribution in [0.15, 0.2) is 30.3 Å². The standard InChI is InChI=1S/C15H19ClN2/c1-10-8-13-6-4-5-7-14(13)18-15(10)17-12(3)11(2)9-16/h4-8,11-12H,9H2,1-3H3,(H,17,18). The number of nitrogens with one attached hydrogen (secondary N) is 1. The van der Waals surface area contributed by atoms with Crippen LogP contribution in [0.25, 0.3) is 10.9 Å². The van der Waals surface area contributed by atoms with Gasteiger partial charge in [0.25, 0.3) is 0 Å². The van der Waals surface area contributed by atoms with Gasteiger partial charge < -0.3 is 5.32 Å². The maximum atomic E-state index is 5.89. The molecule has 0 saturated heterocycles. The monoisotopic (exact) mass is 262 g/mol. The minimum absolute atomic E-state index is 0.315. The van der Waals surface area contributed by atoms with Gasteiger partial charge in [-0.2, -0.15) is 0 Å². The third kappa shape index (κ3) is 2.75. The van der Waals surface area contributed by atoms with Crippen LogP contribution in [0.2, 0.25) is 0 Å². The van der Waals surface area contributed by atoms with E-state index >= 15 is 0 Å². The van der Waals surface area contributed by atoms with Gasteiger partial charge in [-0.3, -0.25) is 0 Å². The summed E-state index contributed by atoms with van der Waals surface area (Å²) in [5.74, 6) is 2.03. The number of benzene rings is 1. The van der Waals surface area contributed by atoms with Crippen LogP contribution in [0, 0.1) is 12.8 Å². The average molecular weight is 263 g/mol. The summed E-state index contributed by atoms with van der Waals surface area (Å²) in [4.78, 5) is 4.68. The van der Waals surface area contributed by atoms with E-state index in [0.717, 1.165) is 11.3 Å². The minimum atomic E-state index is 0.315. The number of aryl methyl sites for hydroxylation is 1. The zero-order valence-corrected chi connectivity index (χ0v) is 11.8. The maximum absolute atomic E-state index is 5.89. The smallest absolute Gasteiger partial charge is 0.129 e. The lowest BCUT2D eigenvalue weighted by atomic mass is 10.1. The molecule has 2 aromatic rings. The number of alkyl halides is 1. The molecule has 0 aliphatic carbocycles. The summed E-state index contributed by atoms with van der Waals surface area (Å²) in [5.41, 5.74) is 2.19. The summed E-state index contributed by atoms with van der Waals surface area (Å²) < 4.78 is 0.